The van der Waals surface area contributed by atoms with Crippen molar-refractivity contribution < 1.29 is 9.18 Å². The molecular weight excluding hydrogens is 411 g/mol. The molecule has 1 aliphatic rings. The number of ketones is 1. The number of carbonyl (C=O) groups excluding carboxylic acids is 1. The number of pyridine rings is 1. The predicted octanol–water partition coefficient (Wildman–Crippen LogP) is 7.09. The third kappa shape index (κ3) is 5.32. The molecule has 1 saturated carbocycles. The van der Waals surface area contributed by atoms with E-state index in [-0.39, 0.29) is 11.6 Å². The standard InChI is InChI=1S/C29H33FN2O/c1-4-18-32(26-6-5-7-26)28-16-14-25(19-27(28)30)23-10-12-24(13-11-23)29(33)17-15-22-9-8-20(2)31-21(22)3/h8-14,16,19,26H,4-7,15,17-18H2,1-3H3. The van der Waals surface area contributed by atoms with E-state index >= 15 is 4.39 Å². The molecule has 0 amide bonds. The highest BCUT2D eigenvalue weighted by Crippen LogP contribution is 2.33. The molecule has 4 heteroatoms. The predicted molar refractivity (Wildman–Crippen MR) is 133 cm³/mol. The van der Waals surface area contributed by atoms with Gasteiger partial charge in [-0.1, -0.05) is 43.3 Å². The maximum atomic E-state index is 15.1. The lowest BCUT2D eigenvalue weighted by Gasteiger charge is -2.39. The number of nitrogens with zero attached hydrogens (tertiary/aromatic N) is 2. The van der Waals surface area contributed by atoms with Crippen molar-refractivity contribution in [3.05, 3.63) is 82.9 Å². The minimum absolute atomic E-state index is 0.110. The van der Waals surface area contributed by atoms with Gasteiger partial charge in [0.25, 0.3) is 0 Å². The maximum absolute atomic E-state index is 15.1. The Morgan fingerprint density at radius 1 is 1.03 bits per heavy atom. The van der Waals surface area contributed by atoms with Gasteiger partial charge in [0.15, 0.2) is 5.78 Å². The second-order valence-corrected chi connectivity index (χ2v) is 9.14. The molecule has 4 rings (SSSR count). The maximum Gasteiger partial charge on any atom is 0.163 e. The summed E-state index contributed by atoms with van der Waals surface area (Å²) in [5, 5.41) is 0. The summed E-state index contributed by atoms with van der Waals surface area (Å²) >= 11 is 0. The Morgan fingerprint density at radius 3 is 2.36 bits per heavy atom. The molecule has 1 fully saturated rings. The molecule has 0 unspecified atom stereocenters. The fourth-order valence-electron chi connectivity index (χ4n) is 4.58. The lowest BCUT2D eigenvalue weighted by Crippen LogP contribution is -2.41. The normalized spacial score (nSPS) is 13.6. The zero-order valence-electron chi connectivity index (χ0n) is 19.9. The molecule has 3 aromatic rings. The van der Waals surface area contributed by atoms with E-state index in [0.717, 1.165) is 53.9 Å². The Kier molecular flexibility index (Phi) is 7.22. The zero-order valence-corrected chi connectivity index (χ0v) is 19.9. The highest BCUT2D eigenvalue weighted by Gasteiger charge is 2.26. The molecule has 3 nitrogen and oxygen atoms in total. The van der Waals surface area contributed by atoms with Gasteiger partial charge in [-0.05, 0) is 80.8 Å². The summed E-state index contributed by atoms with van der Waals surface area (Å²) < 4.78 is 15.1. The highest BCUT2D eigenvalue weighted by molar-refractivity contribution is 5.96. The summed E-state index contributed by atoms with van der Waals surface area (Å²) in [4.78, 5) is 19.4. The van der Waals surface area contributed by atoms with Crippen molar-refractivity contribution in [3.8, 4) is 11.1 Å². The topological polar surface area (TPSA) is 33.2 Å². The van der Waals surface area contributed by atoms with Crippen molar-refractivity contribution in [1.29, 1.82) is 0 Å². The monoisotopic (exact) mass is 444 g/mol. The number of aryl methyl sites for hydroxylation is 3. The van der Waals surface area contributed by atoms with E-state index in [1.807, 2.05) is 56.3 Å². The highest BCUT2D eigenvalue weighted by atomic mass is 19.1. The summed E-state index contributed by atoms with van der Waals surface area (Å²) in [6, 6.07) is 17.6. The van der Waals surface area contributed by atoms with Crippen molar-refractivity contribution in [2.24, 2.45) is 0 Å². The molecule has 0 bridgehead atoms. The smallest absolute Gasteiger partial charge is 0.163 e. The average molecular weight is 445 g/mol. The number of hydrogen-bond acceptors (Lipinski definition) is 3. The van der Waals surface area contributed by atoms with Crippen LogP contribution in [0.15, 0.2) is 54.6 Å². The van der Waals surface area contributed by atoms with Crippen LogP contribution in [-0.4, -0.2) is 23.4 Å². The molecule has 0 aliphatic heterocycles. The molecule has 2 aromatic carbocycles. The summed E-state index contributed by atoms with van der Waals surface area (Å²) in [5.74, 6) is -0.0613. The van der Waals surface area contributed by atoms with Gasteiger partial charge in [0, 0.05) is 36.0 Å². The second kappa shape index (κ2) is 10.3. The van der Waals surface area contributed by atoms with Gasteiger partial charge in [-0.15, -0.1) is 0 Å². The van der Waals surface area contributed by atoms with Crippen molar-refractivity contribution in [1.82, 2.24) is 4.98 Å². The van der Waals surface area contributed by atoms with Gasteiger partial charge in [0.05, 0.1) is 5.69 Å². The Morgan fingerprint density at radius 2 is 1.76 bits per heavy atom. The number of aromatic nitrogens is 1. The molecule has 33 heavy (non-hydrogen) atoms. The van der Waals surface area contributed by atoms with E-state index in [4.69, 9.17) is 0 Å². The van der Waals surface area contributed by atoms with Crippen LogP contribution in [0.25, 0.3) is 11.1 Å². The van der Waals surface area contributed by atoms with Crippen molar-refractivity contribution in [3.63, 3.8) is 0 Å². The number of carbonyl (C=O) groups is 1. The van der Waals surface area contributed by atoms with E-state index in [1.54, 1.807) is 6.07 Å². The van der Waals surface area contributed by atoms with Crippen LogP contribution in [0.2, 0.25) is 0 Å². The third-order valence-corrected chi connectivity index (χ3v) is 6.73. The lowest BCUT2D eigenvalue weighted by atomic mass is 9.90. The second-order valence-electron chi connectivity index (χ2n) is 9.14. The Labute approximate surface area is 196 Å². The summed E-state index contributed by atoms with van der Waals surface area (Å²) in [7, 11) is 0. The number of Topliss-reactive ketones (excluding diaryl/α,β-unsaturated/α-hetero) is 1. The van der Waals surface area contributed by atoms with Crippen LogP contribution in [0.5, 0.6) is 0 Å². The van der Waals surface area contributed by atoms with Crippen LogP contribution < -0.4 is 4.90 Å². The first-order valence-corrected chi connectivity index (χ1v) is 12.1. The Hall–Kier alpha value is -3.01. The molecule has 172 valence electrons. The van der Waals surface area contributed by atoms with E-state index in [0.29, 0.717) is 30.1 Å². The molecule has 0 atom stereocenters. The van der Waals surface area contributed by atoms with Crippen LogP contribution in [-0.2, 0) is 6.42 Å². The molecule has 0 N–H and O–H groups in total. The molecule has 0 saturated heterocycles. The zero-order chi connectivity index (χ0) is 23.4. The summed E-state index contributed by atoms with van der Waals surface area (Å²) in [5.41, 5.74) is 6.23. The van der Waals surface area contributed by atoms with Gasteiger partial charge < -0.3 is 4.90 Å². The Bertz CT molecular complexity index is 1120. The number of hydrogen-bond donors (Lipinski definition) is 0. The van der Waals surface area contributed by atoms with Gasteiger partial charge in [0.1, 0.15) is 5.82 Å². The minimum atomic E-state index is -0.171. The number of benzene rings is 2. The van der Waals surface area contributed by atoms with Crippen molar-refractivity contribution in [2.75, 3.05) is 11.4 Å². The number of halogens is 1. The van der Waals surface area contributed by atoms with Gasteiger partial charge >= 0.3 is 0 Å². The lowest BCUT2D eigenvalue weighted by molar-refractivity contribution is 0.0983. The minimum Gasteiger partial charge on any atom is -0.366 e. The van der Waals surface area contributed by atoms with Crippen molar-refractivity contribution >= 4 is 11.5 Å². The molecule has 1 heterocycles. The first-order chi connectivity index (χ1) is 16.0. The Balaban J connectivity index is 1.44. The van der Waals surface area contributed by atoms with Crippen LogP contribution in [0.3, 0.4) is 0 Å². The quantitative estimate of drug-likeness (QED) is 0.330. The third-order valence-electron chi connectivity index (χ3n) is 6.73. The van der Waals surface area contributed by atoms with Crippen molar-refractivity contribution in [2.45, 2.75) is 65.3 Å². The van der Waals surface area contributed by atoms with Gasteiger partial charge in [-0.3, -0.25) is 9.78 Å². The van der Waals surface area contributed by atoms with Crippen LogP contribution in [0.1, 0.15) is 66.3 Å². The molecular formula is C29H33FN2O. The van der Waals surface area contributed by atoms with E-state index in [1.165, 1.54) is 6.42 Å². The average Bonchev–Trinajstić information content (AvgIpc) is 2.77. The molecule has 0 spiro atoms. The molecule has 0 radical (unpaired) electrons. The van der Waals surface area contributed by atoms with Gasteiger partial charge in [-0.2, -0.15) is 0 Å². The van der Waals surface area contributed by atoms with Crippen LogP contribution in [0, 0.1) is 19.7 Å². The molecule has 1 aliphatic carbocycles. The molecule has 1 aromatic heterocycles. The van der Waals surface area contributed by atoms with Crippen LogP contribution >= 0.6 is 0 Å². The van der Waals surface area contributed by atoms with Gasteiger partial charge in [-0.25, -0.2) is 4.39 Å². The SMILES string of the molecule is CCCN(c1ccc(-c2ccc(C(=O)CCc3ccc(C)nc3C)cc2)cc1F)C1CCC1. The van der Waals surface area contributed by atoms with E-state index in [9.17, 15) is 4.79 Å². The first kappa shape index (κ1) is 23.2. The largest absolute Gasteiger partial charge is 0.366 e. The summed E-state index contributed by atoms with van der Waals surface area (Å²) in [6.45, 7) is 6.98. The fourth-order valence-corrected chi connectivity index (χ4v) is 4.58. The number of anilines is 1. The van der Waals surface area contributed by atoms with Gasteiger partial charge in [0.2, 0.25) is 0 Å². The first-order valence-electron chi connectivity index (χ1n) is 12.1. The van der Waals surface area contributed by atoms with E-state index in [2.05, 4.69) is 22.9 Å². The van der Waals surface area contributed by atoms with E-state index < -0.39 is 0 Å². The summed E-state index contributed by atoms with van der Waals surface area (Å²) in [6.07, 6.45) is 5.67. The van der Waals surface area contributed by atoms with Crippen LogP contribution in [0.4, 0.5) is 10.1 Å². The fraction of sp³-hybridized carbons (Fsp3) is 0.379. The number of rotatable bonds is 9.